The van der Waals surface area contributed by atoms with Crippen molar-refractivity contribution in [1.82, 2.24) is 9.80 Å². The van der Waals surface area contributed by atoms with Gasteiger partial charge in [-0.1, -0.05) is 11.6 Å². The van der Waals surface area contributed by atoms with Gasteiger partial charge in [-0.15, -0.1) is 0 Å². The molecule has 150 valence electrons. The van der Waals surface area contributed by atoms with E-state index in [2.05, 4.69) is 4.90 Å². The Labute approximate surface area is 170 Å². The van der Waals surface area contributed by atoms with Gasteiger partial charge in [0.15, 0.2) is 0 Å². The smallest absolute Gasteiger partial charge is 0.253 e. The predicted octanol–water partition coefficient (Wildman–Crippen LogP) is 2.55. The van der Waals surface area contributed by atoms with Crippen molar-refractivity contribution in [3.8, 4) is 11.5 Å². The fourth-order valence-electron chi connectivity index (χ4n) is 3.12. The molecule has 0 bridgehead atoms. The molecular weight excluding hydrogens is 380 g/mol. The van der Waals surface area contributed by atoms with E-state index in [0.717, 1.165) is 18.8 Å². The first-order valence-electron chi connectivity index (χ1n) is 9.27. The third-order valence-corrected chi connectivity index (χ3v) is 4.97. The van der Waals surface area contributed by atoms with E-state index in [-0.39, 0.29) is 12.5 Å². The summed E-state index contributed by atoms with van der Waals surface area (Å²) in [5.41, 5.74) is 0.658. The van der Waals surface area contributed by atoms with Crippen LogP contribution in [0.3, 0.4) is 0 Å². The van der Waals surface area contributed by atoms with Crippen LogP contribution < -0.4 is 9.47 Å². The molecule has 2 aromatic rings. The summed E-state index contributed by atoms with van der Waals surface area (Å²) in [6, 6.07) is 14.2. The molecule has 1 heterocycles. The molecular formula is C21H25ClN2O4. The molecule has 28 heavy (non-hydrogen) atoms. The van der Waals surface area contributed by atoms with Gasteiger partial charge in [-0.05, 0) is 48.5 Å². The van der Waals surface area contributed by atoms with E-state index in [1.54, 1.807) is 55.6 Å². The zero-order chi connectivity index (χ0) is 19.9. The molecule has 0 aromatic heterocycles. The lowest BCUT2D eigenvalue weighted by molar-refractivity contribution is 0.0403. The number of halogens is 1. The minimum Gasteiger partial charge on any atom is -0.497 e. The fourth-order valence-corrected chi connectivity index (χ4v) is 3.25. The number of nitrogens with zero attached hydrogens (tertiary/aromatic N) is 2. The lowest BCUT2D eigenvalue weighted by Crippen LogP contribution is -2.50. The summed E-state index contributed by atoms with van der Waals surface area (Å²) < 4.78 is 10.7. The van der Waals surface area contributed by atoms with Gasteiger partial charge < -0.3 is 19.5 Å². The van der Waals surface area contributed by atoms with Crippen molar-refractivity contribution in [1.29, 1.82) is 0 Å². The van der Waals surface area contributed by atoms with E-state index in [9.17, 15) is 9.90 Å². The van der Waals surface area contributed by atoms with E-state index in [4.69, 9.17) is 21.1 Å². The van der Waals surface area contributed by atoms with E-state index < -0.39 is 6.10 Å². The number of rotatable bonds is 7. The second-order valence-corrected chi connectivity index (χ2v) is 7.18. The van der Waals surface area contributed by atoms with Gasteiger partial charge >= 0.3 is 0 Å². The standard InChI is InChI=1S/C21H25ClN2O4/c1-27-19-6-2-16(3-7-19)21(26)24-12-10-23(11-13-24)14-18(25)15-28-20-8-4-17(22)5-9-20/h2-9,18,25H,10-15H2,1H3. The van der Waals surface area contributed by atoms with Gasteiger partial charge in [-0.2, -0.15) is 0 Å². The molecule has 0 saturated carbocycles. The first-order valence-corrected chi connectivity index (χ1v) is 9.65. The SMILES string of the molecule is COc1ccc(C(=O)N2CCN(CC(O)COc3ccc(Cl)cc3)CC2)cc1. The summed E-state index contributed by atoms with van der Waals surface area (Å²) >= 11 is 5.84. The normalized spacial score (nSPS) is 15.9. The highest BCUT2D eigenvalue weighted by Gasteiger charge is 2.23. The fraction of sp³-hybridized carbons (Fsp3) is 0.381. The quantitative estimate of drug-likeness (QED) is 0.768. The topological polar surface area (TPSA) is 62.2 Å². The molecule has 0 radical (unpaired) electrons. The van der Waals surface area contributed by atoms with Crippen molar-refractivity contribution in [3.63, 3.8) is 0 Å². The van der Waals surface area contributed by atoms with Crippen LogP contribution >= 0.6 is 11.6 Å². The first-order chi connectivity index (χ1) is 13.5. The Morgan fingerprint density at radius 2 is 1.64 bits per heavy atom. The van der Waals surface area contributed by atoms with Gasteiger partial charge in [0.2, 0.25) is 0 Å². The monoisotopic (exact) mass is 404 g/mol. The molecule has 7 heteroatoms. The second-order valence-electron chi connectivity index (χ2n) is 6.74. The second kappa shape index (κ2) is 9.78. The van der Waals surface area contributed by atoms with Crippen molar-refractivity contribution >= 4 is 17.5 Å². The van der Waals surface area contributed by atoms with Crippen LogP contribution in [0.4, 0.5) is 0 Å². The van der Waals surface area contributed by atoms with Gasteiger partial charge in [0.1, 0.15) is 24.2 Å². The highest BCUT2D eigenvalue weighted by Crippen LogP contribution is 2.16. The lowest BCUT2D eigenvalue weighted by Gasteiger charge is -2.35. The highest BCUT2D eigenvalue weighted by atomic mass is 35.5. The maximum atomic E-state index is 12.6. The minimum absolute atomic E-state index is 0.0222. The Kier molecular flexibility index (Phi) is 7.14. The first kappa shape index (κ1) is 20.5. The number of hydrogen-bond acceptors (Lipinski definition) is 5. The molecule has 1 amide bonds. The number of β-amino-alcohol motifs (C(OH)–C–C–N with tert-alkyl or cyclic N) is 1. The van der Waals surface area contributed by atoms with Crippen LogP contribution in [0.15, 0.2) is 48.5 Å². The Hall–Kier alpha value is -2.28. The molecule has 0 aliphatic carbocycles. The van der Waals surface area contributed by atoms with Crippen LogP contribution in [0.2, 0.25) is 5.02 Å². The Morgan fingerprint density at radius 3 is 2.25 bits per heavy atom. The molecule has 1 saturated heterocycles. The summed E-state index contributed by atoms with van der Waals surface area (Å²) in [5.74, 6) is 1.43. The number of carbonyl (C=O) groups is 1. The molecule has 0 spiro atoms. The molecule has 1 atom stereocenters. The van der Waals surface area contributed by atoms with E-state index in [0.29, 0.717) is 36.0 Å². The average Bonchev–Trinajstić information content (AvgIpc) is 2.73. The summed E-state index contributed by atoms with van der Waals surface area (Å²) in [5, 5.41) is 10.9. The van der Waals surface area contributed by atoms with E-state index in [1.165, 1.54) is 0 Å². The lowest BCUT2D eigenvalue weighted by atomic mass is 10.1. The van der Waals surface area contributed by atoms with Gasteiger partial charge in [0.05, 0.1) is 7.11 Å². The number of benzene rings is 2. The van der Waals surface area contributed by atoms with Gasteiger partial charge in [0, 0.05) is 43.3 Å². The number of aliphatic hydroxyl groups excluding tert-OH is 1. The summed E-state index contributed by atoms with van der Waals surface area (Å²) in [7, 11) is 1.60. The Morgan fingerprint density at radius 1 is 1.04 bits per heavy atom. The van der Waals surface area contributed by atoms with Crippen LogP contribution in [0, 0.1) is 0 Å². The molecule has 3 rings (SSSR count). The summed E-state index contributed by atoms with van der Waals surface area (Å²) in [6.07, 6.45) is -0.598. The molecule has 2 aromatic carbocycles. The van der Waals surface area contributed by atoms with Crippen molar-refractivity contribution in [3.05, 3.63) is 59.1 Å². The van der Waals surface area contributed by atoms with Crippen molar-refractivity contribution in [2.45, 2.75) is 6.10 Å². The average molecular weight is 405 g/mol. The zero-order valence-electron chi connectivity index (χ0n) is 15.9. The van der Waals surface area contributed by atoms with Crippen LogP contribution in [-0.4, -0.2) is 73.4 Å². The van der Waals surface area contributed by atoms with Crippen LogP contribution in [0.5, 0.6) is 11.5 Å². The third kappa shape index (κ3) is 5.61. The van der Waals surface area contributed by atoms with E-state index >= 15 is 0 Å². The maximum Gasteiger partial charge on any atom is 0.253 e. The van der Waals surface area contributed by atoms with Gasteiger partial charge in [0.25, 0.3) is 5.91 Å². The number of piperazine rings is 1. The van der Waals surface area contributed by atoms with Crippen molar-refractivity contribution < 1.29 is 19.4 Å². The number of hydrogen-bond donors (Lipinski definition) is 1. The molecule has 1 N–H and O–H groups in total. The number of aliphatic hydroxyl groups is 1. The van der Waals surface area contributed by atoms with Gasteiger partial charge in [-0.3, -0.25) is 9.69 Å². The van der Waals surface area contributed by atoms with Crippen molar-refractivity contribution in [2.75, 3.05) is 46.4 Å². The van der Waals surface area contributed by atoms with Crippen LogP contribution in [0.25, 0.3) is 0 Å². The van der Waals surface area contributed by atoms with Gasteiger partial charge in [-0.25, -0.2) is 0 Å². The van der Waals surface area contributed by atoms with Crippen molar-refractivity contribution in [2.24, 2.45) is 0 Å². The Balaban J connectivity index is 1.41. The molecule has 1 unspecified atom stereocenters. The Bertz CT molecular complexity index is 759. The minimum atomic E-state index is -0.598. The van der Waals surface area contributed by atoms with E-state index in [1.807, 2.05) is 4.90 Å². The maximum absolute atomic E-state index is 12.6. The molecule has 1 fully saturated rings. The third-order valence-electron chi connectivity index (χ3n) is 4.72. The number of carbonyl (C=O) groups excluding carboxylic acids is 1. The van der Waals surface area contributed by atoms with Crippen LogP contribution in [-0.2, 0) is 0 Å². The highest BCUT2D eigenvalue weighted by molar-refractivity contribution is 6.30. The summed E-state index contributed by atoms with van der Waals surface area (Å²) in [6.45, 7) is 3.44. The number of amides is 1. The molecule has 6 nitrogen and oxygen atoms in total. The predicted molar refractivity (Wildman–Crippen MR) is 108 cm³/mol. The zero-order valence-corrected chi connectivity index (χ0v) is 16.6. The number of methoxy groups -OCH3 is 1. The largest absolute Gasteiger partial charge is 0.497 e. The van der Waals surface area contributed by atoms with Crippen LogP contribution in [0.1, 0.15) is 10.4 Å². The molecule has 1 aliphatic heterocycles. The summed E-state index contributed by atoms with van der Waals surface area (Å²) in [4.78, 5) is 16.6. The molecule has 1 aliphatic rings. The number of ether oxygens (including phenoxy) is 2.